The fraction of sp³-hybridized carbons (Fsp3) is 1.00. The van der Waals surface area contributed by atoms with E-state index in [1.807, 2.05) is 13.8 Å². The van der Waals surface area contributed by atoms with Gasteiger partial charge in [0.25, 0.3) is 0 Å². The van der Waals surface area contributed by atoms with Crippen LogP contribution in [-0.4, -0.2) is 61.2 Å². The highest BCUT2D eigenvalue weighted by Gasteiger charge is 2.24. The van der Waals surface area contributed by atoms with Gasteiger partial charge in [-0.3, -0.25) is 4.90 Å². The molecule has 0 radical (unpaired) electrons. The van der Waals surface area contributed by atoms with Crippen LogP contribution >= 0.6 is 0 Å². The smallest absolute Gasteiger partial charge is 0.0900 e. The number of aliphatic hydroxyl groups is 1. The number of likely N-dealkylation sites (tertiary alicyclic amines) is 1. The Hall–Kier alpha value is -0.160. The van der Waals surface area contributed by atoms with Crippen LogP contribution in [0.2, 0.25) is 0 Å². The van der Waals surface area contributed by atoms with E-state index in [2.05, 4.69) is 18.7 Å². The first-order valence-corrected chi connectivity index (χ1v) is 7.11. The predicted molar refractivity (Wildman–Crippen MR) is 72.7 cm³/mol. The van der Waals surface area contributed by atoms with Gasteiger partial charge in [-0.2, -0.15) is 0 Å². The maximum Gasteiger partial charge on any atom is 0.0900 e. The summed E-state index contributed by atoms with van der Waals surface area (Å²) < 4.78 is 11.2. The lowest BCUT2D eigenvalue weighted by molar-refractivity contribution is -0.00956. The molecular weight excluding hydrogens is 230 g/mol. The van der Waals surface area contributed by atoms with Crippen LogP contribution in [0.4, 0.5) is 0 Å². The van der Waals surface area contributed by atoms with Gasteiger partial charge in [0.15, 0.2) is 0 Å². The molecule has 1 aliphatic rings. The van der Waals surface area contributed by atoms with E-state index in [0.29, 0.717) is 25.2 Å². The Morgan fingerprint density at radius 3 is 2.56 bits per heavy atom. The highest BCUT2D eigenvalue weighted by atomic mass is 16.5. The molecule has 0 aromatic heterocycles. The highest BCUT2D eigenvalue weighted by Crippen LogP contribution is 2.14. The monoisotopic (exact) mass is 259 g/mol. The highest BCUT2D eigenvalue weighted by molar-refractivity contribution is 4.78. The van der Waals surface area contributed by atoms with Crippen molar-refractivity contribution in [2.45, 2.75) is 52.4 Å². The lowest BCUT2D eigenvalue weighted by Gasteiger charge is -2.21. The van der Waals surface area contributed by atoms with Crippen molar-refractivity contribution in [1.82, 2.24) is 4.90 Å². The fourth-order valence-corrected chi connectivity index (χ4v) is 2.08. The van der Waals surface area contributed by atoms with Crippen molar-refractivity contribution in [2.24, 2.45) is 5.92 Å². The molecule has 0 aliphatic carbocycles. The number of rotatable bonds is 8. The van der Waals surface area contributed by atoms with Gasteiger partial charge in [0.2, 0.25) is 0 Å². The molecule has 2 unspecified atom stereocenters. The molecule has 1 rings (SSSR count). The Bertz CT molecular complexity index is 221. The van der Waals surface area contributed by atoms with Gasteiger partial charge in [0.05, 0.1) is 24.9 Å². The molecule has 0 spiro atoms. The summed E-state index contributed by atoms with van der Waals surface area (Å²) >= 11 is 0. The number of aliphatic hydroxyl groups excluding tert-OH is 1. The second-order valence-electron chi connectivity index (χ2n) is 5.93. The molecule has 18 heavy (non-hydrogen) atoms. The third kappa shape index (κ3) is 6.69. The van der Waals surface area contributed by atoms with Gasteiger partial charge in [-0.15, -0.1) is 0 Å². The summed E-state index contributed by atoms with van der Waals surface area (Å²) in [5.41, 5.74) is 0. The van der Waals surface area contributed by atoms with Crippen molar-refractivity contribution >= 4 is 0 Å². The van der Waals surface area contributed by atoms with Gasteiger partial charge in [0, 0.05) is 26.2 Å². The number of ether oxygens (including phenoxy) is 2. The maximum atomic E-state index is 9.86. The lowest BCUT2D eigenvalue weighted by atomic mass is 10.2. The summed E-state index contributed by atoms with van der Waals surface area (Å²) in [6.07, 6.45) is 1.20. The zero-order chi connectivity index (χ0) is 13.5. The minimum Gasteiger partial charge on any atom is -0.389 e. The molecule has 108 valence electrons. The average Bonchev–Trinajstić information content (AvgIpc) is 2.71. The largest absolute Gasteiger partial charge is 0.389 e. The van der Waals surface area contributed by atoms with Crippen LogP contribution in [0.1, 0.15) is 34.1 Å². The molecule has 1 heterocycles. The summed E-state index contributed by atoms with van der Waals surface area (Å²) in [5.74, 6) is 0.587. The van der Waals surface area contributed by atoms with Crippen LogP contribution in [0.25, 0.3) is 0 Å². The van der Waals surface area contributed by atoms with Crippen molar-refractivity contribution in [1.29, 1.82) is 0 Å². The molecule has 1 fully saturated rings. The third-order valence-electron chi connectivity index (χ3n) is 2.99. The number of β-amino-alcohol motifs (C(OH)–C–C–N with tert-alkyl or cyclic N) is 1. The van der Waals surface area contributed by atoms with Gasteiger partial charge in [0.1, 0.15) is 0 Å². The Labute approximate surface area is 111 Å². The van der Waals surface area contributed by atoms with Gasteiger partial charge in [-0.1, -0.05) is 13.8 Å². The molecule has 0 amide bonds. The van der Waals surface area contributed by atoms with Crippen molar-refractivity contribution in [3.8, 4) is 0 Å². The maximum absolute atomic E-state index is 9.86. The first-order chi connectivity index (χ1) is 8.47. The molecule has 4 heteroatoms. The standard InChI is InChI=1S/C14H29NO3/c1-11(2)9-18-14-5-6-15(8-14)7-13(16)10-17-12(3)4/h11-14,16H,5-10H2,1-4H3. The molecule has 2 atom stereocenters. The molecule has 0 aromatic carbocycles. The Morgan fingerprint density at radius 1 is 1.22 bits per heavy atom. The van der Waals surface area contributed by atoms with E-state index < -0.39 is 6.10 Å². The second kappa shape index (κ2) is 8.10. The Kier molecular flexibility index (Phi) is 7.15. The predicted octanol–water partition coefficient (Wildman–Crippen LogP) is 1.52. The first-order valence-electron chi connectivity index (χ1n) is 7.11. The Morgan fingerprint density at radius 2 is 1.94 bits per heavy atom. The summed E-state index contributed by atoms with van der Waals surface area (Å²) in [6, 6.07) is 0. The van der Waals surface area contributed by atoms with Crippen LogP contribution in [0.3, 0.4) is 0 Å². The van der Waals surface area contributed by atoms with Crippen LogP contribution in [-0.2, 0) is 9.47 Å². The minimum absolute atomic E-state index is 0.181. The summed E-state index contributed by atoms with van der Waals surface area (Å²) in [7, 11) is 0. The minimum atomic E-state index is -0.392. The first kappa shape index (κ1) is 15.9. The number of hydrogen-bond acceptors (Lipinski definition) is 4. The number of nitrogens with zero attached hydrogens (tertiary/aromatic N) is 1. The van der Waals surface area contributed by atoms with E-state index in [1.54, 1.807) is 0 Å². The second-order valence-corrected chi connectivity index (χ2v) is 5.93. The van der Waals surface area contributed by atoms with Crippen LogP contribution in [0.15, 0.2) is 0 Å². The summed E-state index contributed by atoms with van der Waals surface area (Å²) in [4.78, 5) is 2.26. The van der Waals surface area contributed by atoms with E-state index in [-0.39, 0.29) is 6.10 Å². The molecule has 0 aromatic rings. The third-order valence-corrected chi connectivity index (χ3v) is 2.99. The van der Waals surface area contributed by atoms with E-state index in [9.17, 15) is 5.11 Å². The number of hydrogen-bond donors (Lipinski definition) is 1. The van der Waals surface area contributed by atoms with Crippen molar-refractivity contribution in [3.63, 3.8) is 0 Å². The fourth-order valence-electron chi connectivity index (χ4n) is 2.08. The lowest BCUT2D eigenvalue weighted by Crippen LogP contribution is -2.35. The van der Waals surface area contributed by atoms with Gasteiger partial charge >= 0.3 is 0 Å². The van der Waals surface area contributed by atoms with Crippen molar-refractivity contribution in [3.05, 3.63) is 0 Å². The van der Waals surface area contributed by atoms with Gasteiger partial charge in [-0.25, -0.2) is 0 Å². The summed E-state index contributed by atoms with van der Waals surface area (Å²) in [6.45, 7) is 12.2. The van der Waals surface area contributed by atoms with Gasteiger partial charge in [-0.05, 0) is 26.2 Å². The van der Waals surface area contributed by atoms with E-state index in [1.165, 1.54) is 0 Å². The SMILES string of the molecule is CC(C)COC1CCN(CC(O)COC(C)C)C1. The van der Waals surface area contributed by atoms with Crippen molar-refractivity contribution < 1.29 is 14.6 Å². The van der Waals surface area contributed by atoms with E-state index in [0.717, 1.165) is 26.1 Å². The van der Waals surface area contributed by atoms with Gasteiger partial charge < -0.3 is 14.6 Å². The zero-order valence-corrected chi connectivity index (χ0v) is 12.3. The molecule has 1 saturated heterocycles. The van der Waals surface area contributed by atoms with Crippen LogP contribution < -0.4 is 0 Å². The molecular formula is C14H29NO3. The Balaban J connectivity index is 2.13. The summed E-state index contributed by atoms with van der Waals surface area (Å²) in [5, 5.41) is 9.86. The molecule has 0 bridgehead atoms. The zero-order valence-electron chi connectivity index (χ0n) is 12.3. The van der Waals surface area contributed by atoms with Crippen LogP contribution in [0, 0.1) is 5.92 Å². The molecule has 1 N–H and O–H groups in total. The quantitative estimate of drug-likeness (QED) is 0.717. The molecule has 1 aliphatic heterocycles. The van der Waals surface area contributed by atoms with E-state index >= 15 is 0 Å². The molecule has 4 nitrogen and oxygen atoms in total. The normalized spacial score (nSPS) is 23.2. The molecule has 0 saturated carbocycles. The van der Waals surface area contributed by atoms with Crippen molar-refractivity contribution in [2.75, 3.05) is 32.8 Å². The topological polar surface area (TPSA) is 41.9 Å². The average molecular weight is 259 g/mol. The van der Waals surface area contributed by atoms with E-state index in [4.69, 9.17) is 9.47 Å². The van der Waals surface area contributed by atoms with Crippen LogP contribution in [0.5, 0.6) is 0 Å².